The number of nitrogens with zero attached hydrogens (tertiary/aromatic N) is 1. The zero-order valence-corrected chi connectivity index (χ0v) is 18.7. The van der Waals surface area contributed by atoms with Gasteiger partial charge in [-0.15, -0.1) is 0 Å². The van der Waals surface area contributed by atoms with Crippen molar-refractivity contribution in [2.75, 3.05) is 13.7 Å². The summed E-state index contributed by atoms with van der Waals surface area (Å²) in [5, 5.41) is 15.8. The van der Waals surface area contributed by atoms with Crippen molar-refractivity contribution in [2.24, 2.45) is 17.8 Å². The maximum absolute atomic E-state index is 13.0. The highest BCUT2D eigenvalue weighted by Gasteiger charge is 2.30. The van der Waals surface area contributed by atoms with Crippen molar-refractivity contribution in [1.29, 1.82) is 5.26 Å². The molecule has 3 atom stereocenters. The molecule has 0 bridgehead atoms. The maximum atomic E-state index is 13.0. The Kier molecular flexibility index (Phi) is 7.52. The summed E-state index contributed by atoms with van der Waals surface area (Å²) in [5.41, 5.74) is 1.21. The number of ether oxygens (including phenoxy) is 1. The third kappa shape index (κ3) is 5.47. The lowest BCUT2D eigenvalue weighted by Crippen LogP contribution is -2.41. The van der Waals surface area contributed by atoms with Gasteiger partial charge in [0.05, 0.1) is 18.9 Å². The van der Waals surface area contributed by atoms with Crippen LogP contribution in [0.2, 0.25) is 0 Å². The Hall–Kier alpha value is -3.34. The first kappa shape index (κ1) is 23.3. The summed E-state index contributed by atoms with van der Waals surface area (Å²) >= 11 is 0. The fraction of sp³-hybridized carbons (Fsp3) is 0.500. The summed E-state index contributed by atoms with van der Waals surface area (Å²) < 4.78 is 5.36. The average molecular weight is 439 g/mol. The van der Waals surface area contributed by atoms with E-state index in [0.717, 1.165) is 10.9 Å². The molecule has 1 aromatic heterocycles. The number of carbonyl (C=O) groups is 3. The van der Waals surface area contributed by atoms with Crippen molar-refractivity contribution >= 4 is 28.5 Å². The van der Waals surface area contributed by atoms with Gasteiger partial charge in [0.15, 0.2) is 5.78 Å². The summed E-state index contributed by atoms with van der Waals surface area (Å²) in [6, 6.07) is 8.60. The zero-order valence-electron chi connectivity index (χ0n) is 18.7. The zero-order chi connectivity index (χ0) is 23.3. The molecule has 1 aliphatic rings. The van der Waals surface area contributed by atoms with Gasteiger partial charge < -0.3 is 20.4 Å². The SMILES string of the molecule is COc1cccc2[nH]c(C(=O)CC(CC(C)C)C(=O)NC(C#N)CC3CCNC3=O)cc12. The van der Waals surface area contributed by atoms with E-state index >= 15 is 0 Å². The Bertz CT molecular complexity index is 1040. The van der Waals surface area contributed by atoms with Gasteiger partial charge in [0.25, 0.3) is 0 Å². The Morgan fingerprint density at radius 2 is 2.12 bits per heavy atom. The first-order valence-corrected chi connectivity index (χ1v) is 11.0. The Balaban J connectivity index is 1.71. The quantitative estimate of drug-likeness (QED) is 0.492. The van der Waals surface area contributed by atoms with E-state index in [1.165, 1.54) is 0 Å². The van der Waals surface area contributed by atoms with Crippen LogP contribution in [0.1, 0.15) is 50.0 Å². The molecular weight excluding hydrogens is 408 g/mol. The highest BCUT2D eigenvalue weighted by atomic mass is 16.5. The molecule has 0 radical (unpaired) electrons. The standard InChI is InChI=1S/C24H30N4O4/c1-14(2)9-16(24(31)27-17(13-25)10-15-7-8-26-23(15)30)11-21(29)20-12-18-19(28-20)5-4-6-22(18)32-3/h4-6,12,14-17,28H,7-11H2,1-3H3,(H,26,30)(H,27,31). The van der Waals surface area contributed by atoms with Crippen LogP contribution in [0.15, 0.2) is 24.3 Å². The number of aromatic amines is 1. The number of hydrogen-bond donors (Lipinski definition) is 3. The first-order valence-electron chi connectivity index (χ1n) is 11.0. The van der Waals surface area contributed by atoms with E-state index in [1.807, 2.05) is 32.0 Å². The minimum absolute atomic E-state index is 0.0290. The van der Waals surface area contributed by atoms with Gasteiger partial charge >= 0.3 is 0 Å². The van der Waals surface area contributed by atoms with Crippen molar-refractivity contribution < 1.29 is 19.1 Å². The van der Waals surface area contributed by atoms with Gasteiger partial charge in [-0.25, -0.2) is 0 Å². The van der Waals surface area contributed by atoms with E-state index < -0.39 is 12.0 Å². The van der Waals surface area contributed by atoms with Crippen LogP contribution < -0.4 is 15.4 Å². The molecule has 8 nitrogen and oxygen atoms in total. The molecule has 3 unspecified atom stereocenters. The lowest BCUT2D eigenvalue weighted by atomic mass is 9.90. The lowest BCUT2D eigenvalue weighted by Gasteiger charge is -2.21. The molecule has 3 N–H and O–H groups in total. The van der Waals surface area contributed by atoms with Gasteiger partial charge in [0.2, 0.25) is 11.8 Å². The molecule has 1 saturated heterocycles. The number of H-pyrrole nitrogens is 1. The number of ketones is 1. The van der Waals surface area contributed by atoms with Crippen LogP contribution in [-0.4, -0.2) is 42.3 Å². The minimum atomic E-state index is -0.765. The second-order valence-corrected chi connectivity index (χ2v) is 8.76. The fourth-order valence-electron chi connectivity index (χ4n) is 4.23. The molecule has 1 fully saturated rings. The van der Waals surface area contributed by atoms with Gasteiger partial charge in [-0.1, -0.05) is 19.9 Å². The van der Waals surface area contributed by atoms with E-state index in [-0.39, 0.29) is 42.3 Å². The summed E-state index contributed by atoms with van der Waals surface area (Å²) in [6.07, 6.45) is 1.48. The Morgan fingerprint density at radius 3 is 2.75 bits per heavy atom. The Labute approximate surface area is 187 Å². The number of benzene rings is 1. The van der Waals surface area contributed by atoms with Crippen LogP contribution in [0.4, 0.5) is 0 Å². The van der Waals surface area contributed by atoms with Crippen molar-refractivity contribution in [1.82, 2.24) is 15.6 Å². The number of nitrogens with one attached hydrogen (secondary N) is 3. The third-order valence-electron chi connectivity index (χ3n) is 5.86. The highest BCUT2D eigenvalue weighted by molar-refractivity contribution is 6.02. The van der Waals surface area contributed by atoms with Gasteiger partial charge in [-0.3, -0.25) is 14.4 Å². The van der Waals surface area contributed by atoms with Gasteiger partial charge in [0, 0.05) is 35.7 Å². The number of Topliss-reactive ketones (excluding diaryl/α,β-unsaturated/α-hetero) is 1. The van der Waals surface area contributed by atoms with E-state index in [2.05, 4.69) is 21.7 Å². The molecule has 2 heterocycles. The molecule has 2 aromatic rings. The first-order chi connectivity index (χ1) is 15.3. The molecule has 0 saturated carbocycles. The third-order valence-corrected chi connectivity index (χ3v) is 5.86. The molecule has 8 heteroatoms. The number of amides is 2. The highest BCUT2D eigenvalue weighted by Crippen LogP contribution is 2.27. The fourth-order valence-corrected chi connectivity index (χ4v) is 4.23. The van der Waals surface area contributed by atoms with Crippen LogP contribution in [-0.2, 0) is 9.59 Å². The van der Waals surface area contributed by atoms with E-state index in [9.17, 15) is 19.6 Å². The molecule has 0 spiro atoms. The number of carbonyl (C=O) groups excluding carboxylic acids is 3. The summed E-state index contributed by atoms with van der Waals surface area (Å²) in [6.45, 7) is 4.57. The number of rotatable bonds is 10. The second-order valence-electron chi connectivity index (χ2n) is 8.76. The molecule has 2 amide bonds. The number of hydrogen-bond acceptors (Lipinski definition) is 5. The van der Waals surface area contributed by atoms with Gasteiger partial charge in [0.1, 0.15) is 11.8 Å². The predicted octanol–water partition coefficient (Wildman–Crippen LogP) is 2.95. The van der Waals surface area contributed by atoms with Gasteiger partial charge in [-0.05, 0) is 43.4 Å². The van der Waals surface area contributed by atoms with Crippen LogP contribution >= 0.6 is 0 Å². The number of fused-ring (bicyclic) bond motifs is 1. The van der Waals surface area contributed by atoms with Crippen LogP contribution in [0.3, 0.4) is 0 Å². The number of aromatic nitrogens is 1. The normalized spacial score (nSPS) is 17.6. The molecule has 1 aromatic carbocycles. The van der Waals surface area contributed by atoms with E-state index in [1.54, 1.807) is 13.2 Å². The van der Waals surface area contributed by atoms with Crippen molar-refractivity contribution in [3.8, 4) is 11.8 Å². The summed E-state index contributed by atoms with van der Waals surface area (Å²) in [5.74, 6) is -0.554. The van der Waals surface area contributed by atoms with Crippen molar-refractivity contribution in [3.63, 3.8) is 0 Å². The monoisotopic (exact) mass is 438 g/mol. The second kappa shape index (κ2) is 10.3. The number of nitriles is 1. The van der Waals surface area contributed by atoms with Crippen molar-refractivity contribution in [2.45, 2.75) is 45.6 Å². The lowest BCUT2D eigenvalue weighted by molar-refractivity contribution is -0.127. The summed E-state index contributed by atoms with van der Waals surface area (Å²) in [4.78, 5) is 41.0. The average Bonchev–Trinajstić information content (AvgIpc) is 3.38. The van der Waals surface area contributed by atoms with Crippen molar-refractivity contribution in [3.05, 3.63) is 30.0 Å². The predicted molar refractivity (Wildman–Crippen MR) is 120 cm³/mol. The van der Waals surface area contributed by atoms with E-state index in [0.29, 0.717) is 30.8 Å². The Morgan fingerprint density at radius 1 is 1.34 bits per heavy atom. The summed E-state index contributed by atoms with van der Waals surface area (Å²) in [7, 11) is 1.58. The molecular formula is C24H30N4O4. The van der Waals surface area contributed by atoms with E-state index in [4.69, 9.17) is 4.74 Å². The molecule has 32 heavy (non-hydrogen) atoms. The van der Waals surface area contributed by atoms with Crippen LogP contribution in [0, 0.1) is 29.1 Å². The molecule has 170 valence electrons. The smallest absolute Gasteiger partial charge is 0.224 e. The minimum Gasteiger partial charge on any atom is -0.496 e. The van der Waals surface area contributed by atoms with Crippen LogP contribution in [0.5, 0.6) is 5.75 Å². The molecule has 0 aliphatic carbocycles. The largest absolute Gasteiger partial charge is 0.496 e. The van der Waals surface area contributed by atoms with Crippen LogP contribution in [0.25, 0.3) is 10.9 Å². The molecule has 1 aliphatic heterocycles. The number of methoxy groups -OCH3 is 1. The topological polar surface area (TPSA) is 124 Å². The molecule has 3 rings (SSSR count). The van der Waals surface area contributed by atoms with Gasteiger partial charge in [-0.2, -0.15) is 5.26 Å². The maximum Gasteiger partial charge on any atom is 0.224 e.